The van der Waals surface area contributed by atoms with Crippen LogP contribution in [0.4, 0.5) is 0 Å². The van der Waals surface area contributed by atoms with E-state index < -0.39 is 0 Å². The number of aliphatic hydroxyl groups excluding tert-OH is 1. The summed E-state index contributed by atoms with van der Waals surface area (Å²) in [6.45, 7) is 0. The molecular formula is C13H18ClNOS. The van der Waals surface area contributed by atoms with E-state index in [-0.39, 0.29) is 6.10 Å². The molecule has 1 aromatic rings. The Balaban J connectivity index is 1.71. The number of thioether (sulfide) groups is 1. The number of halogens is 1. The van der Waals surface area contributed by atoms with E-state index in [4.69, 9.17) is 11.6 Å². The van der Waals surface area contributed by atoms with Gasteiger partial charge in [0, 0.05) is 11.9 Å². The van der Waals surface area contributed by atoms with Crippen LogP contribution >= 0.6 is 23.4 Å². The summed E-state index contributed by atoms with van der Waals surface area (Å²) < 4.78 is 0. The molecular weight excluding hydrogens is 254 g/mol. The predicted octanol–water partition coefficient (Wildman–Crippen LogP) is 3.77. The minimum Gasteiger partial charge on any atom is -0.392 e. The Morgan fingerprint density at radius 1 is 1.41 bits per heavy atom. The molecule has 1 saturated carbocycles. The van der Waals surface area contributed by atoms with Crippen LogP contribution in [-0.2, 0) is 0 Å². The van der Waals surface area contributed by atoms with Gasteiger partial charge in [-0.05, 0) is 24.5 Å². The number of pyridine rings is 1. The van der Waals surface area contributed by atoms with Gasteiger partial charge >= 0.3 is 0 Å². The summed E-state index contributed by atoms with van der Waals surface area (Å²) >= 11 is 7.37. The van der Waals surface area contributed by atoms with E-state index in [1.165, 1.54) is 25.7 Å². The smallest absolute Gasteiger partial charge is 0.0961 e. The summed E-state index contributed by atoms with van der Waals surface area (Å²) in [6.07, 6.45) is 7.64. The first-order valence-corrected chi connectivity index (χ1v) is 7.53. The molecule has 0 spiro atoms. The molecule has 94 valence electrons. The third-order valence-corrected chi connectivity index (χ3v) is 4.52. The molecule has 2 nitrogen and oxygen atoms in total. The highest BCUT2D eigenvalue weighted by atomic mass is 35.5. The second-order valence-corrected chi connectivity index (χ2v) is 6.14. The van der Waals surface area contributed by atoms with Gasteiger partial charge in [0.25, 0.3) is 0 Å². The normalized spacial score (nSPS) is 18.5. The Kier molecular flexibility index (Phi) is 5.14. The Hall–Kier alpha value is -0.250. The quantitative estimate of drug-likeness (QED) is 0.828. The first-order chi connectivity index (χ1) is 8.24. The maximum Gasteiger partial charge on any atom is 0.0961 e. The number of hydrogen-bond acceptors (Lipinski definition) is 3. The van der Waals surface area contributed by atoms with Crippen molar-refractivity contribution in [3.63, 3.8) is 0 Å². The van der Waals surface area contributed by atoms with Crippen molar-refractivity contribution in [2.45, 2.75) is 43.2 Å². The van der Waals surface area contributed by atoms with Crippen molar-refractivity contribution in [3.05, 3.63) is 23.4 Å². The van der Waals surface area contributed by atoms with Crippen LogP contribution in [0.15, 0.2) is 23.4 Å². The number of hydrogen-bond donors (Lipinski definition) is 1. The minimum absolute atomic E-state index is 0.208. The molecule has 0 amide bonds. The van der Waals surface area contributed by atoms with Gasteiger partial charge in [-0.3, -0.25) is 0 Å². The second kappa shape index (κ2) is 6.62. The van der Waals surface area contributed by atoms with E-state index in [0.717, 1.165) is 23.1 Å². The Labute approximate surface area is 112 Å². The lowest BCUT2D eigenvalue weighted by Gasteiger charge is -2.14. The zero-order chi connectivity index (χ0) is 12.1. The maximum atomic E-state index is 9.95. The standard InChI is InChI=1S/C13H18ClNOS/c14-11-5-6-13(15-8-11)17-9-12(16)7-10-3-1-2-4-10/h5-6,8,10,12,16H,1-4,7,9H2. The van der Waals surface area contributed by atoms with E-state index in [2.05, 4.69) is 4.98 Å². The van der Waals surface area contributed by atoms with E-state index in [0.29, 0.717) is 5.02 Å². The van der Waals surface area contributed by atoms with Gasteiger partial charge in [-0.1, -0.05) is 37.3 Å². The zero-order valence-electron chi connectivity index (χ0n) is 9.81. The Morgan fingerprint density at radius 3 is 2.82 bits per heavy atom. The van der Waals surface area contributed by atoms with Crippen molar-refractivity contribution in [2.75, 3.05) is 5.75 Å². The molecule has 1 unspecified atom stereocenters. The Bertz CT molecular complexity index is 338. The van der Waals surface area contributed by atoms with Crippen LogP contribution in [0.25, 0.3) is 0 Å². The molecule has 17 heavy (non-hydrogen) atoms. The van der Waals surface area contributed by atoms with Crippen LogP contribution in [0, 0.1) is 5.92 Å². The summed E-state index contributed by atoms with van der Waals surface area (Å²) in [7, 11) is 0. The van der Waals surface area contributed by atoms with Crippen molar-refractivity contribution in [3.8, 4) is 0 Å². The number of rotatable bonds is 5. The molecule has 1 aliphatic carbocycles. The van der Waals surface area contributed by atoms with Crippen molar-refractivity contribution >= 4 is 23.4 Å². The average molecular weight is 272 g/mol. The monoisotopic (exact) mass is 271 g/mol. The van der Waals surface area contributed by atoms with Crippen LogP contribution in [0.3, 0.4) is 0 Å². The van der Waals surface area contributed by atoms with Crippen molar-refractivity contribution in [1.82, 2.24) is 4.98 Å². The van der Waals surface area contributed by atoms with Crippen LogP contribution in [0.2, 0.25) is 5.02 Å². The summed E-state index contributed by atoms with van der Waals surface area (Å²) in [5.41, 5.74) is 0. The van der Waals surface area contributed by atoms with Gasteiger partial charge in [-0.15, -0.1) is 11.8 Å². The third kappa shape index (κ3) is 4.49. The molecule has 1 aliphatic rings. The maximum absolute atomic E-state index is 9.95. The number of aliphatic hydroxyl groups is 1. The van der Waals surface area contributed by atoms with E-state index in [1.807, 2.05) is 12.1 Å². The van der Waals surface area contributed by atoms with Crippen molar-refractivity contribution < 1.29 is 5.11 Å². The minimum atomic E-state index is -0.208. The highest BCUT2D eigenvalue weighted by molar-refractivity contribution is 7.99. The van der Waals surface area contributed by atoms with Crippen LogP contribution in [0.5, 0.6) is 0 Å². The van der Waals surface area contributed by atoms with Gasteiger partial charge in [0.15, 0.2) is 0 Å². The summed E-state index contributed by atoms with van der Waals surface area (Å²) in [6, 6.07) is 3.73. The average Bonchev–Trinajstić information content (AvgIpc) is 2.81. The first-order valence-electron chi connectivity index (χ1n) is 6.16. The van der Waals surface area contributed by atoms with Gasteiger partial charge in [0.1, 0.15) is 0 Å². The van der Waals surface area contributed by atoms with Gasteiger partial charge < -0.3 is 5.11 Å². The molecule has 1 fully saturated rings. The van der Waals surface area contributed by atoms with E-state index in [9.17, 15) is 5.11 Å². The lowest BCUT2D eigenvalue weighted by atomic mass is 10.0. The number of aromatic nitrogens is 1. The number of nitrogens with zero attached hydrogens (tertiary/aromatic N) is 1. The topological polar surface area (TPSA) is 33.1 Å². The molecule has 1 atom stereocenters. The molecule has 0 saturated heterocycles. The zero-order valence-corrected chi connectivity index (χ0v) is 11.4. The fourth-order valence-corrected chi connectivity index (χ4v) is 3.23. The van der Waals surface area contributed by atoms with Crippen molar-refractivity contribution in [1.29, 1.82) is 0 Å². The molecule has 0 aliphatic heterocycles. The Morgan fingerprint density at radius 2 is 2.18 bits per heavy atom. The third-order valence-electron chi connectivity index (χ3n) is 3.20. The highest BCUT2D eigenvalue weighted by Crippen LogP contribution is 2.29. The van der Waals surface area contributed by atoms with Gasteiger partial charge in [0.05, 0.1) is 16.2 Å². The molecule has 1 heterocycles. The fourth-order valence-electron chi connectivity index (χ4n) is 2.33. The summed E-state index contributed by atoms with van der Waals surface area (Å²) in [4.78, 5) is 4.20. The SMILES string of the molecule is OC(CSc1ccc(Cl)cn1)CC1CCCC1. The van der Waals surface area contributed by atoms with Crippen LogP contribution < -0.4 is 0 Å². The van der Waals surface area contributed by atoms with E-state index in [1.54, 1.807) is 18.0 Å². The molecule has 0 aromatic carbocycles. The molecule has 0 bridgehead atoms. The molecule has 2 rings (SSSR count). The predicted molar refractivity (Wildman–Crippen MR) is 72.6 cm³/mol. The van der Waals surface area contributed by atoms with Crippen LogP contribution in [0.1, 0.15) is 32.1 Å². The van der Waals surface area contributed by atoms with Gasteiger partial charge in [0.2, 0.25) is 0 Å². The molecule has 1 N–H and O–H groups in total. The molecule has 4 heteroatoms. The largest absolute Gasteiger partial charge is 0.392 e. The second-order valence-electron chi connectivity index (χ2n) is 4.67. The molecule has 1 aromatic heterocycles. The van der Waals surface area contributed by atoms with E-state index >= 15 is 0 Å². The van der Waals surface area contributed by atoms with Gasteiger partial charge in [-0.25, -0.2) is 4.98 Å². The first kappa shape index (κ1) is 13.2. The van der Waals surface area contributed by atoms with Crippen molar-refractivity contribution in [2.24, 2.45) is 5.92 Å². The summed E-state index contributed by atoms with van der Waals surface area (Å²) in [5, 5.41) is 11.5. The van der Waals surface area contributed by atoms with Crippen LogP contribution in [-0.4, -0.2) is 21.9 Å². The molecule has 0 radical (unpaired) electrons. The highest BCUT2D eigenvalue weighted by Gasteiger charge is 2.18. The lowest BCUT2D eigenvalue weighted by molar-refractivity contribution is 0.165. The lowest BCUT2D eigenvalue weighted by Crippen LogP contribution is -2.14. The van der Waals surface area contributed by atoms with Gasteiger partial charge in [-0.2, -0.15) is 0 Å². The fraction of sp³-hybridized carbons (Fsp3) is 0.615. The summed E-state index contributed by atoms with van der Waals surface area (Å²) in [5.74, 6) is 1.47.